The van der Waals surface area contributed by atoms with Gasteiger partial charge in [0.05, 0.1) is 25.0 Å². The maximum Gasteiger partial charge on any atom is 0.310 e. The number of fused-ring (bicyclic) bond motifs is 5. The summed E-state index contributed by atoms with van der Waals surface area (Å²) in [5, 5.41) is 0. The van der Waals surface area contributed by atoms with Crippen LogP contribution in [0.2, 0.25) is 0 Å². The first-order valence-corrected chi connectivity index (χ1v) is 12.1. The van der Waals surface area contributed by atoms with Crippen molar-refractivity contribution in [2.45, 2.75) is 86.6 Å². The molecule has 0 aliphatic heterocycles. The standard InChI is InChI=1S/C14H20O3.C11H19NO2.2CH4.ClH/c1-3-17-14(16)13-11-6-4-10(5-7-11)12(13)8-9(2)15;1-2-14-11(13)9-7-3-5-8(6-4-7)10(9)12;;;/h4,6,10-13H,3,5,7-8H2,1-2H3;7-10H,2-6,12H2,1H3;2*1H4;1H/t10-,11+,12-,13-;7?,8?,9-,10-;;;/m00.../s1. The largest absolute Gasteiger partial charge is 0.466 e. The van der Waals surface area contributed by atoms with Crippen molar-refractivity contribution in [3.63, 3.8) is 0 Å². The summed E-state index contributed by atoms with van der Waals surface area (Å²) in [5.74, 6) is 1.78. The normalized spacial score (nSPS) is 34.2. The quantitative estimate of drug-likeness (QED) is 0.388. The summed E-state index contributed by atoms with van der Waals surface area (Å²) in [6, 6.07) is 0.0570. The first kappa shape index (κ1) is 32.6. The molecule has 0 radical (unpaired) electrons. The highest BCUT2D eigenvalue weighted by atomic mass is 35.5. The molecule has 198 valence electrons. The van der Waals surface area contributed by atoms with Gasteiger partial charge in [-0.05, 0) is 88.9 Å². The molecule has 4 bridgehead atoms. The van der Waals surface area contributed by atoms with E-state index in [9.17, 15) is 14.4 Å². The van der Waals surface area contributed by atoms with Crippen molar-refractivity contribution in [1.29, 1.82) is 0 Å². The molecule has 6 aliphatic rings. The maximum atomic E-state index is 12.0. The Morgan fingerprint density at radius 2 is 1.26 bits per heavy atom. The lowest BCUT2D eigenvalue weighted by molar-refractivity contribution is -0.156. The first-order valence-electron chi connectivity index (χ1n) is 12.1. The van der Waals surface area contributed by atoms with Crippen molar-refractivity contribution in [2.24, 2.45) is 47.2 Å². The van der Waals surface area contributed by atoms with Gasteiger partial charge in [-0.2, -0.15) is 0 Å². The minimum atomic E-state index is -0.113. The summed E-state index contributed by atoms with van der Waals surface area (Å²) >= 11 is 0. The van der Waals surface area contributed by atoms with E-state index in [1.807, 2.05) is 13.8 Å². The third-order valence-electron chi connectivity index (χ3n) is 7.84. The molecular weight excluding hydrogens is 454 g/mol. The second-order valence-electron chi connectivity index (χ2n) is 9.67. The zero-order valence-corrected chi connectivity index (χ0v) is 20.5. The van der Waals surface area contributed by atoms with Crippen LogP contribution in [0.15, 0.2) is 12.2 Å². The molecule has 0 amide bonds. The van der Waals surface area contributed by atoms with Gasteiger partial charge >= 0.3 is 11.9 Å². The molecule has 0 saturated heterocycles. The number of nitrogens with two attached hydrogens (primary N) is 1. The number of allylic oxidation sites excluding steroid dienone is 2. The molecule has 0 aromatic rings. The van der Waals surface area contributed by atoms with E-state index in [4.69, 9.17) is 15.2 Å². The van der Waals surface area contributed by atoms with Gasteiger partial charge in [0.25, 0.3) is 0 Å². The van der Waals surface area contributed by atoms with Crippen molar-refractivity contribution in [3.05, 3.63) is 12.2 Å². The summed E-state index contributed by atoms with van der Waals surface area (Å²) < 4.78 is 10.2. The Kier molecular flexibility index (Phi) is 14.3. The van der Waals surface area contributed by atoms with Crippen molar-refractivity contribution < 1.29 is 23.9 Å². The number of carbonyl (C=O) groups excluding carboxylic acids is 3. The second kappa shape index (κ2) is 14.9. The van der Waals surface area contributed by atoms with Crippen LogP contribution in [-0.2, 0) is 23.9 Å². The van der Waals surface area contributed by atoms with E-state index in [1.54, 1.807) is 6.92 Å². The van der Waals surface area contributed by atoms with E-state index in [-0.39, 0.29) is 74.7 Å². The van der Waals surface area contributed by atoms with Crippen LogP contribution in [0.25, 0.3) is 0 Å². The van der Waals surface area contributed by atoms with Gasteiger partial charge < -0.3 is 20.0 Å². The Morgan fingerprint density at radius 3 is 1.71 bits per heavy atom. The van der Waals surface area contributed by atoms with E-state index in [2.05, 4.69) is 12.2 Å². The number of hydrogen-bond acceptors (Lipinski definition) is 6. The minimum Gasteiger partial charge on any atom is -0.466 e. The highest BCUT2D eigenvalue weighted by Crippen LogP contribution is 2.47. The van der Waals surface area contributed by atoms with E-state index < -0.39 is 0 Å². The van der Waals surface area contributed by atoms with Gasteiger partial charge in [0.1, 0.15) is 5.78 Å². The van der Waals surface area contributed by atoms with Crippen LogP contribution in [0.5, 0.6) is 0 Å². The summed E-state index contributed by atoms with van der Waals surface area (Å²) in [4.78, 5) is 35.0. The van der Waals surface area contributed by atoms with E-state index in [1.165, 1.54) is 25.7 Å². The molecule has 0 aromatic heterocycles. The molecule has 6 rings (SSSR count). The van der Waals surface area contributed by atoms with Crippen LogP contribution in [0, 0.1) is 41.4 Å². The molecule has 0 spiro atoms. The molecule has 6 aliphatic carbocycles. The predicted molar refractivity (Wildman–Crippen MR) is 139 cm³/mol. The zero-order valence-electron chi connectivity index (χ0n) is 19.7. The van der Waals surface area contributed by atoms with Gasteiger partial charge in [-0.1, -0.05) is 27.0 Å². The number of carbonyl (C=O) groups is 3. The lowest BCUT2D eigenvalue weighted by Crippen LogP contribution is -2.52. The summed E-state index contributed by atoms with van der Waals surface area (Å²) in [6.45, 7) is 6.18. The fourth-order valence-corrected chi connectivity index (χ4v) is 6.39. The fraction of sp³-hybridized carbons (Fsp3) is 0.815. The monoisotopic (exact) mass is 501 g/mol. The van der Waals surface area contributed by atoms with Gasteiger partial charge in [-0.25, -0.2) is 0 Å². The number of halogens is 1. The Labute approximate surface area is 213 Å². The second-order valence-corrected chi connectivity index (χ2v) is 9.67. The summed E-state index contributed by atoms with van der Waals surface area (Å²) in [6.07, 6.45) is 11.8. The van der Waals surface area contributed by atoms with Gasteiger partial charge in [0, 0.05) is 12.5 Å². The Hall–Kier alpha value is -1.40. The molecule has 2 N–H and O–H groups in total. The summed E-state index contributed by atoms with van der Waals surface area (Å²) in [5.41, 5.74) is 6.09. The van der Waals surface area contributed by atoms with E-state index in [0.29, 0.717) is 37.4 Å². The third-order valence-corrected chi connectivity index (χ3v) is 7.84. The fourth-order valence-electron chi connectivity index (χ4n) is 6.39. The average molecular weight is 502 g/mol. The van der Waals surface area contributed by atoms with Crippen LogP contribution >= 0.6 is 12.4 Å². The SMILES string of the molecule is C.C.CCOC(=O)[C@@H]1[C@@H](CC(C)=O)[C@H]2C=C[C@@H]1CC2.CCOC(=O)[C@H]1C2CCC(CC2)[C@@H]1N.Cl. The Balaban J connectivity index is 0.000000597. The molecule has 6 nitrogen and oxygen atoms in total. The highest BCUT2D eigenvalue weighted by molar-refractivity contribution is 5.85. The molecular formula is C27H48ClNO5. The molecule has 4 saturated carbocycles. The first-order chi connectivity index (χ1) is 14.9. The smallest absolute Gasteiger partial charge is 0.310 e. The van der Waals surface area contributed by atoms with Gasteiger partial charge in [0.15, 0.2) is 0 Å². The molecule has 7 heteroatoms. The molecule has 4 fully saturated rings. The number of hydrogen-bond donors (Lipinski definition) is 1. The van der Waals surface area contributed by atoms with Gasteiger partial charge in [-0.15, -0.1) is 12.4 Å². The van der Waals surface area contributed by atoms with Crippen LogP contribution in [0.4, 0.5) is 0 Å². The van der Waals surface area contributed by atoms with Crippen molar-refractivity contribution in [3.8, 4) is 0 Å². The van der Waals surface area contributed by atoms with E-state index >= 15 is 0 Å². The van der Waals surface area contributed by atoms with Crippen LogP contribution in [0.3, 0.4) is 0 Å². The molecule has 0 heterocycles. The number of ether oxygens (including phenoxy) is 2. The maximum absolute atomic E-state index is 12.0. The van der Waals surface area contributed by atoms with E-state index in [0.717, 1.165) is 12.8 Å². The average Bonchev–Trinajstić information content (AvgIpc) is 2.75. The Bertz CT molecular complexity index is 687. The van der Waals surface area contributed by atoms with Crippen molar-refractivity contribution in [1.82, 2.24) is 0 Å². The lowest BCUT2D eigenvalue weighted by Gasteiger charge is -2.45. The van der Waals surface area contributed by atoms with Crippen molar-refractivity contribution >= 4 is 30.1 Å². The Morgan fingerprint density at radius 1 is 0.794 bits per heavy atom. The van der Waals surface area contributed by atoms with Crippen molar-refractivity contribution in [2.75, 3.05) is 13.2 Å². The number of rotatable bonds is 6. The highest BCUT2D eigenvalue weighted by Gasteiger charge is 2.46. The summed E-state index contributed by atoms with van der Waals surface area (Å²) in [7, 11) is 0. The van der Waals surface area contributed by atoms with Gasteiger partial charge in [0.2, 0.25) is 0 Å². The molecule has 34 heavy (non-hydrogen) atoms. The number of ketones is 1. The molecule has 0 unspecified atom stereocenters. The lowest BCUT2D eigenvalue weighted by atomic mass is 9.61. The van der Waals surface area contributed by atoms with Crippen LogP contribution in [-0.4, -0.2) is 37.0 Å². The van der Waals surface area contributed by atoms with Gasteiger partial charge in [-0.3, -0.25) is 9.59 Å². The zero-order chi connectivity index (χ0) is 22.5. The third kappa shape index (κ3) is 7.30. The minimum absolute atomic E-state index is 0. The topological polar surface area (TPSA) is 95.7 Å². The number of esters is 2. The predicted octanol–water partition coefficient (Wildman–Crippen LogP) is 5.36. The molecule has 6 atom stereocenters. The van der Waals surface area contributed by atoms with Crippen LogP contribution < -0.4 is 5.73 Å². The van der Waals surface area contributed by atoms with Crippen LogP contribution in [0.1, 0.15) is 80.6 Å². The molecule has 0 aromatic carbocycles. The number of Topliss-reactive ketones (excluding diaryl/α,β-unsaturated/α-hetero) is 1.